The zero-order valence-electron chi connectivity index (χ0n) is 11.2. The number of anilines is 1. The van der Waals surface area contributed by atoms with Crippen LogP contribution in [0.3, 0.4) is 0 Å². The maximum atomic E-state index is 9.36. The minimum absolute atomic E-state index is 0.00196. The van der Waals surface area contributed by atoms with Gasteiger partial charge in [0.25, 0.3) is 0 Å². The monoisotopic (exact) mass is 252 g/mol. The number of nitrogens with two attached hydrogens (primary N) is 1. The number of aryl methyl sites for hydroxylation is 1. The maximum absolute atomic E-state index is 9.36. The molecule has 4 N–H and O–H groups in total. The van der Waals surface area contributed by atoms with E-state index in [-0.39, 0.29) is 12.4 Å². The van der Waals surface area contributed by atoms with E-state index in [2.05, 4.69) is 10.1 Å². The molecule has 6 nitrogen and oxygen atoms in total. The summed E-state index contributed by atoms with van der Waals surface area (Å²) >= 11 is 0. The quantitative estimate of drug-likeness (QED) is 0.317. The molecule has 0 amide bonds. The number of aromatic nitrogens is 1. The van der Waals surface area contributed by atoms with Gasteiger partial charge in [0.15, 0.2) is 5.84 Å². The van der Waals surface area contributed by atoms with Crippen LogP contribution < -0.4 is 10.6 Å². The summed E-state index contributed by atoms with van der Waals surface area (Å²) in [7, 11) is 1.84. The average Bonchev–Trinajstić information content (AvgIpc) is 2.35. The molecule has 0 spiro atoms. The van der Waals surface area contributed by atoms with E-state index >= 15 is 0 Å². The molecular weight excluding hydrogens is 232 g/mol. The van der Waals surface area contributed by atoms with Gasteiger partial charge in [0, 0.05) is 18.3 Å². The second-order valence-electron chi connectivity index (χ2n) is 4.87. The zero-order valence-corrected chi connectivity index (χ0v) is 11.2. The second-order valence-corrected chi connectivity index (χ2v) is 4.87. The number of aliphatic hydroxyl groups excluding tert-OH is 1. The Labute approximate surface area is 107 Å². The van der Waals surface area contributed by atoms with Crippen molar-refractivity contribution in [2.75, 3.05) is 18.6 Å². The predicted octanol–water partition coefficient (Wildman–Crippen LogP) is 0.692. The fraction of sp³-hybridized carbons (Fsp3) is 0.500. The Balaban J connectivity index is 3.22. The van der Waals surface area contributed by atoms with Crippen LogP contribution in [0.15, 0.2) is 17.3 Å². The first-order chi connectivity index (χ1) is 8.31. The van der Waals surface area contributed by atoms with E-state index in [1.165, 1.54) is 0 Å². The van der Waals surface area contributed by atoms with E-state index in [9.17, 15) is 5.11 Å². The molecule has 1 aromatic rings. The number of aliphatic hydroxyl groups is 1. The highest BCUT2D eigenvalue weighted by atomic mass is 16.4. The van der Waals surface area contributed by atoms with Crippen LogP contribution >= 0.6 is 0 Å². The van der Waals surface area contributed by atoms with Crippen LogP contribution in [0.5, 0.6) is 0 Å². The lowest BCUT2D eigenvalue weighted by atomic mass is 10.0. The molecule has 0 aliphatic heterocycles. The van der Waals surface area contributed by atoms with Crippen LogP contribution in [-0.4, -0.2) is 40.3 Å². The standard InChI is InChI=1S/C12H20N4O2/c1-8-5-9(11(13)15-18)6-10(14-8)16(4)12(2,3)7-17/h5-6,17-18H,7H2,1-4H3,(H2,13,15). The van der Waals surface area contributed by atoms with Crippen molar-refractivity contribution in [3.05, 3.63) is 23.4 Å². The summed E-state index contributed by atoms with van der Waals surface area (Å²) in [5, 5.41) is 21.0. The smallest absolute Gasteiger partial charge is 0.170 e. The van der Waals surface area contributed by atoms with Crippen LogP contribution in [-0.2, 0) is 0 Å². The summed E-state index contributed by atoms with van der Waals surface area (Å²) in [5.41, 5.74) is 6.49. The molecule has 1 heterocycles. The molecule has 0 aliphatic carbocycles. The largest absolute Gasteiger partial charge is 0.409 e. The zero-order chi connectivity index (χ0) is 13.9. The number of rotatable bonds is 4. The molecule has 0 atom stereocenters. The molecule has 0 saturated carbocycles. The van der Waals surface area contributed by atoms with Gasteiger partial charge in [-0.3, -0.25) is 0 Å². The Morgan fingerprint density at radius 3 is 2.61 bits per heavy atom. The van der Waals surface area contributed by atoms with Crippen molar-refractivity contribution in [3.63, 3.8) is 0 Å². The van der Waals surface area contributed by atoms with Crippen molar-refractivity contribution in [3.8, 4) is 0 Å². The fourth-order valence-corrected chi connectivity index (χ4v) is 1.44. The second kappa shape index (κ2) is 5.22. The molecule has 0 aromatic carbocycles. The average molecular weight is 252 g/mol. The van der Waals surface area contributed by atoms with Crippen LogP contribution in [0.4, 0.5) is 5.82 Å². The summed E-state index contributed by atoms with van der Waals surface area (Å²) in [5.74, 6) is 0.701. The Morgan fingerprint density at radius 2 is 2.11 bits per heavy atom. The first-order valence-electron chi connectivity index (χ1n) is 5.63. The Kier molecular flexibility index (Phi) is 4.13. The highest BCUT2D eigenvalue weighted by Gasteiger charge is 2.24. The molecule has 18 heavy (non-hydrogen) atoms. The van der Waals surface area contributed by atoms with Crippen LogP contribution in [0.25, 0.3) is 0 Å². The Bertz CT molecular complexity index is 457. The summed E-state index contributed by atoms with van der Waals surface area (Å²) in [6.07, 6.45) is 0. The van der Waals surface area contributed by atoms with Gasteiger partial charge in [-0.15, -0.1) is 0 Å². The number of nitrogens with zero attached hydrogens (tertiary/aromatic N) is 3. The molecule has 0 unspecified atom stereocenters. The minimum Gasteiger partial charge on any atom is -0.409 e. The number of pyridine rings is 1. The summed E-state index contributed by atoms with van der Waals surface area (Å²) in [6, 6.07) is 3.46. The summed E-state index contributed by atoms with van der Waals surface area (Å²) in [6.45, 7) is 5.63. The number of hydrogen-bond acceptors (Lipinski definition) is 5. The molecule has 100 valence electrons. The molecule has 6 heteroatoms. The van der Waals surface area contributed by atoms with Crippen LogP contribution in [0.1, 0.15) is 25.1 Å². The van der Waals surface area contributed by atoms with Crippen molar-refractivity contribution < 1.29 is 10.3 Å². The van der Waals surface area contributed by atoms with Crippen molar-refractivity contribution >= 4 is 11.7 Å². The van der Waals surface area contributed by atoms with E-state index < -0.39 is 5.54 Å². The van der Waals surface area contributed by atoms with Gasteiger partial charge in [-0.05, 0) is 32.9 Å². The molecule has 0 radical (unpaired) electrons. The lowest BCUT2D eigenvalue weighted by molar-refractivity contribution is 0.215. The van der Waals surface area contributed by atoms with E-state index in [1.807, 2.05) is 32.7 Å². The third kappa shape index (κ3) is 2.89. The summed E-state index contributed by atoms with van der Waals surface area (Å²) < 4.78 is 0. The first-order valence-corrected chi connectivity index (χ1v) is 5.63. The lowest BCUT2D eigenvalue weighted by Crippen LogP contribution is -2.45. The van der Waals surface area contributed by atoms with Crippen LogP contribution in [0, 0.1) is 6.92 Å². The molecule has 0 bridgehead atoms. The van der Waals surface area contributed by atoms with E-state index in [0.717, 1.165) is 5.69 Å². The van der Waals surface area contributed by atoms with Crippen LogP contribution in [0.2, 0.25) is 0 Å². The third-order valence-corrected chi connectivity index (χ3v) is 2.98. The number of oxime groups is 1. The van der Waals surface area contributed by atoms with Gasteiger partial charge in [0.05, 0.1) is 12.1 Å². The highest BCUT2D eigenvalue weighted by Crippen LogP contribution is 2.21. The fourth-order valence-electron chi connectivity index (χ4n) is 1.44. The van der Waals surface area contributed by atoms with Gasteiger partial charge >= 0.3 is 0 Å². The van der Waals surface area contributed by atoms with Crippen molar-refractivity contribution in [2.45, 2.75) is 26.3 Å². The van der Waals surface area contributed by atoms with Gasteiger partial charge in [0.2, 0.25) is 0 Å². The Hall–Kier alpha value is -1.82. The number of likely N-dealkylation sites (N-methyl/N-ethyl adjacent to an activating group) is 1. The van der Waals surface area contributed by atoms with Gasteiger partial charge in [-0.25, -0.2) is 4.98 Å². The number of amidine groups is 1. The van der Waals surface area contributed by atoms with Gasteiger partial charge in [0.1, 0.15) is 5.82 Å². The van der Waals surface area contributed by atoms with E-state index in [4.69, 9.17) is 10.9 Å². The van der Waals surface area contributed by atoms with E-state index in [0.29, 0.717) is 11.4 Å². The molecule has 1 rings (SSSR count). The summed E-state index contributed by atoms with van der Waals surface area (Å²) in [4.78, 5) is 6.24. The number of hydrogen-bond donors (Lipinski definition) is 3. The SMILES string of the molecule is Cc1cc(/C(N)=N/O)cc(N(C)C(C)(C)CO)n1. The van der Waals surface area contributed by atoms with Gasteiger partial charge in [-0.2, -0.15) is 0 Å². The molecule has 0 aliphatic rings. The Morgan fingerprint density at radius 1 is 1.50 bits per heavy atom. The minimum atomic E-state index is -0.441. The molecular formula is C12H20N4O2. The normalized spacial score (nSPS) is 12.6. The molecule has 1 aromatic heterocycles. The van der Waals surface area contributed by atoms with Gasteiger partial charge < -0.3 is 20.9 Å². The highest BCUT2D eigenvalue weighted by molar-refractivity contribution is 5.97. The first kappa shape index (κ1) is 14.2. The lowest BCUT2D eigenvalue weighted by Gasteiger charge is -2.35. The van der Waals surface area contributed by atoms with Crippen molar-refractivity contribution in [1.82, 2.24) is 4.98 Å². The van der Waals surface area contributed by atoms with E-state index in [1.54, 1.807) is 12.1 Å². The molecule has 0 saturated heterocycles. The third-order valence-electron chi connectivity index (χ3n) is 2.98. The topological polar surface area (TPSA) is 95.0 Å². The maximum Gasteiger partial charge on any atom is 0.170 e. The van der Waals surface area contributed by atoms with Crippen molar-refractivity contribution in [2.24, 2.45) is 10.9 Å². The molecule has 0 fully saturated rings. The van der Waals surface area contributed by atoms with Crippen molar-refractivity contribution in [1.29, 1.82) is 0 Å². The van der Waals surface area contributed by atoms with Gasteiger partial charge in [-0.1, -0.05) is 5.16 Å². The predicted molar refractivity (Wildman–Crippen MR) is 71.1 cm³/mol.